The van der Waals surface area contributed by atoms with Crippen LogP contribution in [0.25, 0.3) is 0 Å². The molecule has 3 fully saturated rings. The molecule has 3 aliphatic rings. The minimum absolute atomic E-state index is 0.0435. The molecule has 3 heterocycles. The van der Waals surface area contributed by atoms with Crippen LogP contribution in [-0.2, 0) is 20.9 Å². The van der Waals surface area contributed by atoms with Crippen molar-refractivity contribution < 1.29 is 14.3 Å². The van der Waals surface area contributed by atoms with Crippen molar-refractivity contribution in [3.63, 3.8) is 0 Å². The number of amides is 1. The van der Waals surface area contributed by atoms with Gasteiger partial charge in [0.15, 0.2) is 0 Å². The Hall–Kier alpha value is -1.92. The standard InChI is InChI=1S/C25H37N3O3/c1-31-25(30)21-9-16-27(17-10-21)24(29)22-8-5-13-28(19-22)23-11-14-26(15-12-23)18-20-6-3-2-4-7-20/h2-4,6-7,21-23H,5,8-19H2,1H3. The van der Waals surface area contributed by atoms with Gasteiger partial charge in [-0.2, -0.15) is 0 Å². The average Bonchev–Trinajstić information content (AvgIpc) is 2.84. The molecule has 0 aromatic heterocycles. The van der Waals surface area contributed by atoms with Crippen molar-refractivity contribution in [2.24, 2.45) is 11.8 Å². The summed E-state index contributed by atoms with van der Waals surface area (Å²) in [6.07, 6.45) is 5.96. The number of piperidine rings is 3. The van der Waals surface area contributed by atoms with E-state index in [2.05, 4.69) is 40.1 Å². The summed E-state index contributed by atoms with van der Waals surface area (Å²) in [6.45, 7) is 6.71. The Labute approximate surface area is 186 Å². The van der Waals surface area contributed by atoms with E-state index in [-0.39, 0.29) is 17.8 Å². The van der Waals surface area contributed by atoms with Crippen molar-refractivity contribution in [2.75, 3.05) is 46.4 Å². The lowest BCUT2D eigenvalue weighted by Crippen LogP contribution is -2.52. The molecule has 6 heteroatoms. The van der Waals surface area contributed by atoms with Gasteiger partial charge in [0.2, 0.25) is 5.91 Å². The number of methoxy groups -OCH3 is 1. The maximum Gasteiger partial charge on any atom is 0.308 e. The molecule has 1 aromatic carbocycles. The molecule has 0 aliphatic carbocycles. The highest BCUT2D eigenvalue weighted by atomic mass is 16.5. The summed E-state index contributed by atoms with van der Waals surface area (Å²) < 4.78 is 4.87. The largest absolute Gasteiger partial charge is 0.469 e. The third-order valence-corrected chi connectivity index (χ3v) is 7.47. The monoisotopic (exact) mass is 427 g/mol. The van der Waals surface area contributed by atoms with Gasteiger partial charge in [0.25, 0.3) is 0 Å². The van der Waals surface area contributed by atoms with Crippen molar-refractivity contribution in [1.29, 1.82) is 0 Å². The van der Waals surface area contributed by atoms with Crippen molar-refractivity contribution >= 4 is 11.9 Å². The average molecular weight is 428 g/mol. The number of likely N-dealkylation sites (tertiary alicyclic amines) is 3. The predicted octanol–water partition coefficient (Wildman–Crippen LogP) is 2.77. The van der Waals surface area contributed by atoms with E-state index >= 15 is 0 Å². The molecule has 3 aliphatic heterocycles. The number of carbonyl (C=O) groups is 2. The summed E-state index contributed by atoms with van der Waals surface area (Å²) in [5.41, 5.74) is 1.39. The van der Waals surface area contributed by atoms with Crippen LogP contribution in [0.4, 0.5) is 0 Å². The molecule has 31 heavy (non-hydrogen) atoms. The first kappa shape index (κ1) is 22.3. The fourth-order valence-electron chi connectivity index (χ4n) is 5.58. The highest BCUT2D eigenvalue weighted by Crippen LogP contribution is 2.27. The second-order valence-corrected chi connectivity index (χ2v) is 9.45. The normalized spacial score (nSPS) is 24.8. The molecule has 1 unspecified atom stereocenters. The van der Waals surface area contributed by atoms with Gasteiger partial charge in [-0.05, 0) is 63.7 Å². The maximum atomic E-state index is 13.2. The summed E-state index contributed by atoms with van der Waals surface area (Å²) in [5, 5.41) is 0. The van der Waals surface area contributed by atoms with E-state index in [4.69, 9.17) is 4.74 Å². The third-order valence-electron chi connectivity index (χ3n) is 7.47. The molecular weight excluding hydrogens is 390 g/mol. The van der Waals surface area contributed by atoms with Gasteiger partial charge in [-0.25, -0.2) is 0 Å². The van der Waals surface area contributed by atoms with Gasteiger partial charge >= 0.3 is 5.97 Å². The molecule has 1 aromatic rings. The second kappa shape index (κ2) is 10.6. The van der Waals surface area contributed by atoms with Crippen molar-refractivity contribution in [1.82, 2.24) is 14.7 Å². The highest BCUT2D eigenvalue weighted by Gasteiger charge is 2.35. The lowest BCUT2D eigenvalue weighted by Gasteiger charge is -2.43. The molecule has 0 N–H and O–H groups in total. The first-order chi connectivity index (χ1) is 15.1. The quantitative estimate of drug-likeness (QED) is 0.677. The molecule has 1 amide bonds. The molecule has 0 bridgehead atoms. The van der Waals surface area contributed by atoms with Crippen LogP contribution in [0, 0.1) is 11.8 Å². The summed E-state index contributed by atoms with van der Waals surface area (Å²) >= 11 is 0. The Morgan fingerprint density at radius 1 is 0.903 bits per heavy atom. The molecule has 6 nitrogen and oxygen atoms in total. The smallest absolute Gasteiger partial charge is 0.308 e. The topological polar surface area (TPSA) is 53.1 Å². The van der Waals surface area contributed by atoms with E-state index in [1.54, 1.807) is 0 Å². The van der Waals surface area contributed by atoms with Crippen LogP contribution >= 0.6 is 0 Å². The number of esters is 1. The van der Waals surface area contributed by atoms with E-state index in [1.165, 1.54) is 25.5 Å². The zero-order chi connectivity index (χ0) is 21.6. The van der Waals surface area contributed by atoms with E-state index in [0.29, 0.717) is 25.0 Å². The number of carbonyl (C=O) groups excluding carboxylic acids is 2. The number of hydrogen-bond donors (Lipinski definition) is 0. The van der Waals surface area contributed by atoms with Crippen LogP contribution in [0.2, 0.25) is 0 Å². The number of nitrogens with zero attached hydrogens (tertiary/aromatic N) is 3. The van der Waals surface area contributed by atoms with Gasteiger partial charge in [-0.3, -0.25) is 19.4 Å². The van der Waals surface area contributed by atoms with Crippen LogP contribution < -0.4 is 0 Å². The number of hydrogen-bond acceptors (Lipinski definition) is 5. The summed E-state index contributed by atoms with van der Waals surface area (Å²) in [5.74, 6) is 0.243. The first-order valence-electron chi connectivity index (χ1n) is 12.0. The molecule has 4 rings (SSSR count). The van der Waals surface area contributed by atoms with Crippen molar-refractivity contribution in [3.05, 3.63) is 35.9 Å². The predicted molar refractivity (Wildman–Crippen MR) is 120 cm³/mol. The fourth-order valence-corrected chi connectivity index (χ4v) is 5.58. The third kappa shape index (κ3) is 5.66. The van der Waals surface area contributed by atoms with E-state index < -0.39 is 0 Å². The minimum atomic E-state index is -0.130. The zero-order valence-electron chi connectivity index (χ0n) is 18.9. The van der Waals surface area contributed by atoms with Crippen LogP contribution in [0.3, 0.4) is 0 Å². The van der Waals surface area contributed by atoms with Crippen LogP contribution in [0.15, 0.2) is 30.3 Å². The van der Waals surface area contributed by atoms with Gasteiger partial charge in [0.05, 0.1) is 18.9 Å². The number of ether oxygens (including phenoxy) is 1. The Balaban J connectivity index is 1.23. The van der Waals surface area contributed by atoms with Crippen LogP contribution in [0.5, 0.6) is 0 Å². The van der Waals surface area contributed by atoms with E-state index in [9.17, 15) is 9.59 Å². The van der Waals surface area contributed by atoms with E-state index in [1.807, 2.05) is 4.90 Å². The number of benzene rings is 1. The molecule has 0 saturated carbocycles. The summed E-state index contributed by atoms with van der Waals surface area (Å²) in [7, 11) is 1.45. The van der Waals surface area contributed by atoms with Gasteiger partial charge in [-0.15, -0.1) is 0 Å². The lowest BCUT2D eigenvalue weighted by molar-refractivity contribution is -0.150. The van der Waals surface area contributed by atoms with Gasteiger partial charge in [0.1, 0.15) is 0 Å². The van der Waals surface area contributed by atoms with Gasteiger partial charge in [-0.1, -0.05) is 30.3 Å². The zero-order valence-corrected chi connectivity index (χ0v) is 18.9. The molecule has 0 spiro atoms. The Morgan fingerprint density at radius 2 is 1.61 bits per heavy atom. The second-order valence-electron chi connectivity index (χ2n) is 9.45. The first-order valence-corrected chi connectivity index (χ1v) is 12.0. The fraction of sp³-hybridized carbons (Fsp3) is 0.680. The number of rotatable bonds is 5. The summed E-state index contributed by atoms with van der Waals surface area (Å²) in [6, 6.07) is 11.3. The van der Waals surface area contributed by atoms with E-state index in [0.717, 1.165) is 58.4 Å². The molecule has 0 radical (unpaired) electrons. The lowest BCUT2D eigenvalue weighted by atomic mass is 9.91. The van der Waals surface area contributed by atoms with Crippen molar-refractivity contribution in [2.45, 2.75) is 51.1 Å². The SMILES string of the molecule is COC(=O)C1CCN(C(=O)C2CCCN(C3CCN(Cc4ccccc4)CC3)C2)CC1. The van der Waals surface area contributed by atoms with Crippen molar-refractivity contribution in [3.8, 4) is 0 Å². The molecule has 170 valence electrons. The van der Waals surface area contributed by atoms with Gasteiger partial charge in [0, 0.05) is 32.2 Å². The van der Waals surface area contributed by atoms with Crippen LogP contribution in [0.1, 0.15) is 44.1 Å². The summed E-state index contributed by atoms with van der Waals surface area (Å²) in [4.78, 5) is 32.1. The maximum absolute atomic E-state index is 13.2. The molecular formula is C25H37N3O3. The Bertz CT molecular complexity index is 725. The minimum Gasteiger partial charge on any atom is -0.469 e. The Kier molecular flexibility index (Phi) is 7.62. The van der Waals surface area contributed by atoms with Gasteiger partial charge < -0.3 is 9.64 Å². The molecule has 1 atom stereocenters. The van der Waals surface area contributed by atoms with Crippen LogP contribution in [-0.4, -0.2) is 79.0 Å². The molecule has 3 saturated heterocycles. The highest BCUT2D eigenvalue weighted by molar-refractivity contribution is 5.80. The Morgan fingerprint density at radius 3 is 2.29 bits per heavy atom.